The van der Waals surface area contributed by atoms with Gasteiger partial charge in [-0.1, -0.05) is 6.07 Å². The molecule has 1 aromatic heterocycles. The van der Waals surface area contributed by atoms with E-state index in [0.29, 0.717) is 87.5 Å². The molecule has 0 spiro atoms. The van der Waals surface area contributed by atoms with Gasteiger partial charge in [-0.2, -0.15) is 0 Å². The highest BCUT2D eigenvalue weighted by atomic mass is 16.6. The molecule has 2 atom stereocenters. The van der Waals surface area contributed by atoms with E-state index in [1.165, 1.54) is 6.07 Å². The van der Waals surface area contributed by atoms with Gasteiger partial charge in [-0.15, -0.1) is 0 Å². The van der Waals surface area contributed by atoms with E-state index in [-0.39, 0.29) is 23.6 Å². The number of methoxy groups -OCH3 is 2. The van der Waals surface area contributed by atoms with E-state index in [1.54, 1.807) is 30.9 Å². The molecule has 1 saturated heterocycles. The SMILES string of the molecule is COCCNC(=O)c1cc(=O)n(CCN2CCC(OC(=O)NC(C)(C)C)CC2Cc2ccc3c(c2)OCCO3)c2cc(OC)ccc12. The van der Waals surface area contributed by atoms with Crippen LogP contribution in [0.15, 0.2) is 47.3 Å². The molecular formula is C35H46N4O8. The number of alkyl carbamates (subject to hydrolysis) is 1. The second kappa shape index (κ2) is 15.1. The van der Waals surface area contributed by atoms with Crippen LogP contribution in [0.2, 0.25) is 0 Å². The monoisotopic (exact) mass is 650 g/mol. The van der Waals surface area contributed by atoms with Crippen LogP contribution in [0, 0.1) is 0 Å². The fraction of sp³-hybridized carbons (Fsp3) is 0.514. The zero-order valence-corrected chi connectivity index (χ0v) is 27.9. The Morgan fingerprint density at radius 1 is 1.00 bits per heavy atom. The molecule has 2 unspecified atom stereocenters. The maximum Gasteiger partial charge on any atom is 0.407 e. The average Bonchev–Trinajstić information content (AvgIpc) is 3.03. The number of pyridine rings is 1. The lowest BCUT2D eigenvalue weighted by molar-refractivity contribution is 0.0192. The van der Waals surface area contributed by atoms with Crippen LogP contribution < -0.4 is 30.4 Å². The Bertz CT molecular complexity index is 1630. The highest BCUT2D eigenvalue weighted by Gasteiger charge is 2.32. The van der Waals surface area contributed by atoms with E-state index >= 15 is 0 Å². The molecule has 2 aliphatic rings. The number of aromatic nitrogens is 1. The van der Waals surface area contributed by atoms with Gasteiger partial charge < -0.3 is 38.9 Å². The number of amides is 2. The van der Waals surface area contributed by atoms with Crippen LogP contribution in [0.25, 0.3) is 10.9 Å². The summed E-state index contributed by atoms with van der Waals surface area (Å²) in [4.78, 5) is 41.6. The number of hydrogen-bond donors (Lipinski definition) is 2. The van der Waals surface area contributed by atoms with Crippen molar-refractivity contribution in [2.24, 2.45) is 0 Å². The molecule has 1 fully saturated rings. The van der Waals surface area contributed by atoms with Crippen molar-refractivity contribution in [3.63, 3.8) is 0 Å². The minimum atomic E-state index is -0.424. The number of nitrogens with zero attached hydrogens (tertiary/aromatic N) is 2. The van der Waals surface area contributed by atoms with Crippen LogP contribution in [-0.2, 0) is 22.4 Å². The van der Waals surface area contributed by atoms with Crippen LogP contribution in [0.4, 0.5) is 4.79 Å². The van der Waals surface area contributed by atoms with Crippen molar-refractivity contribution >= 4 is 22.9 Å². The third-order valence-electron chi connectivity index (χ3n) is 8.39. The lowest BCUT2D eigenvalue weighted by atomic mass is 9.93. The first-order valence-corrected chi connectivity index (χ1v) is 16.1. The number of likely N-dealkylation sites (tertiary alicyclic amines) is 1. The summed E-state index contributed by atoms with van der Waals surface area (Å²) in [6.45, 7) is 9.13. The number of nitrogens with one attached hydrogen (secondary N) is 2. The maximum atomic E-state index is 13.6. The maximum absolute atomic E-state index is 13.6. The molecule has 2 N–H and O–H groups in total. The molecule has 2 aromatic carbocycles. The fourth-order valence-corrected chi connectivity index (χ4v) is 6.15. The standard InChI is InChI=1S/C35H46N4O8/c1-35(2,3)37-34(42)47-26-10-12-38(24(20-26)18-23-6-9-30-31(19-23)46-17-16-45-30)13-14-39-29-21-25(44-5)7-8-27(29)28(22-32(39)40)33(41)36-11-15-43-4/h6-9,19,21-22,24,26H,10-18,20H2,1-5H3,(H,36,41)(H,37,42). The summed E-state index contributed by atoms with van der Waals surface area (Å²) in [6, 6.07) is 12.8. The van der Waals surface area contributed by atoms with Crippen LogP contribution in [0.3, 0.4) is 0 Å². The lowest BCUT2D eigenvalue weighted by Gasteiger charge is -2.39. The quantitative estimate of drug-likeness (QED) is 0.298. The highest BCUT2D eigenvalue weighted by molar-refractivity contribution is 6.06. The number of benzene rings is 2. The van der Waals surface area contributed by atoms with Crippen LogP contribution >= 0.6 is 0 Å². The summed E-state index contributed by atoms with van der Waals surface area (Å²) in [7, 11) is 3.14. The second-order valence-corrected chi connectivity index (χ2v) is 13.0. The number of fused-ring (bicyclic) bond motifs is 2. The van der Waals surface area contributed by atoms with Crippen molar-refractivity contribution < 1.29 is 33.3 Å². The summed E-state index contributed by atoms with van der Waals surface area (Å²) in [6.07, 6.45) is 1.32. The molecular weight excluding hydrogens is 604 g/mol. The topological polar surface area (TPSA) is 130 Å². The van der Waals surface area contributed by atoms with E-state index in [2.05, 4.69) is 15.5 Å². The van der Waals surface area contributed by atoms with E-state index in [4.69, 9.17) is 23.7 Å². The van der Waals surface area contributed by atoms with Crippen LogP contribution in [0.1, 0.15) is 49.5 Å². The Morgan fingerprint density at radius 3 is 2.53 bits per heavy atom. The van der Waals surface area contributed by atoms with Gasteiger partial charge in [-0.25, -0.2) is 4.79 Å². The molecule has 0 saturated carbocycles. The summed E-state index contributed by atoms with van der Waals surface area (Å²) in [5.41, 5.74) is 1.34. The Balaban J connectivity index is 1.39. The summed E-state index contributed by atoms with van der Waals surface area (Å²) >= 11 is 0. The number of carbonyl (C=O) groups excluding carboxylic acids is 2. The zero-order chi connectivity index (χ0) is 33.6. The van der Waals surface area contributed by atoms with Crippen molar-refractivity contribution in [2.45, 2.75) is 64.3 Å². The Morgan fingerprint density at radius 2 is 1.79 bits per heavy atom. The molecule has 254 valence electrons. The number of piperidine rings is 1. The molecule has 12 nitrogen and oxygen atoms in total. The van der Waals surface area contributed by atoms with Gasteiger partial charge in [0.25, 0.3) is 11.5 Å². The normalized spacial score (nSPS) is 18.1. The van der Waals surface area contributed by atoms with Gasteiger partial charge in [0.2, 0.25) is 0 Å². The van der Waals surface area contributed by atoms with E-state index < -0.39 is 11.6 Å². The highest BCUT2D eigenvalue weighted by Crippen LogP contribution is 2.33. The summed E-state index contributed by atoms with van der Waals surface area (Å²) in [5, 5.41) is 6.37. The fourth-order valence-electron chi connectivity index (χ4n) is 6.15. The van der Waals surface area contributed by atoms with Gasteiger partial charge in [0.1, 0.15) is 25.1 Å². The first kappa shape index (κ1) is 34.1. The summed E-state index contributed by atoms with van der Waals surface area (Å²) < 4.78 is 29.7. The van der Waals surface area contributed by atoms with E-state index in [9.17, 15) is 14.4 Å². The summed E-state index contributed by atoms with van der Waals surface area (Å²) in [5.74, 6) is 1.72. The molecule has 5 rings (SSSR count). The lowest BCUT2D eigenvalue weighted by Crippen LogP contribution is -2.49. The van der Waals surface area contributed by atoms with E-state index in [1.807, 2.05) is 45.0 Å². The van der Waals surface area contributed by atoms with Gasteiger partial charge in [0.05, 0.1) is 24.8 Å². The second-order valence-electron chi connectivity index (χ2n) is 13.0. The van der Waals surface area contributed by atoms with Crippen LogP contribution in [0.5, 0.6) is 17.2 Å². The molecule has 3 heterocycles. The van der Waals surface area contributed by atoms with E-state index in [0.717, 1.165) is 17.1 Å². The molecule has 47 heavy (non-hydrogen) atoms. The Labute approximate surface area is 275 Å². The van der Waals surface area contributed by atoms with Gasteiger partial charge in [0, 0.05) is 68.8 Å². The Kier molecular flexibility index (Phi) is 10.9. The zero-order valence-electron chi connectivity index (χ0n) is 27.9. The average molecular weight is 651 g/mol. The van der Waals surface area contributed by atoms with Crippen LogP contribution in [-0.4, -0.2) is 92.8 Å². The molecule has 0 bridgehead atoms. The van der Waals surface area contributed by atoms with Crippen molar-refractivity contribution in [3.8, 4) is 17.2 Å². The molecule has 3 aromatic rings. The predicted molar refractivity (Wildman–Crippen MR) is 178 cm³/mol. The number of hydrogen-bond acceptors (Lipinski definition) is 9. The minimum absolute atomic E-state index is 0.0288. The smallest absolute Gasteiger partial charge is 0.407 e. The van der Waals surface area contributed by atoms with Crippen molar-refractivity contribution in [1.29, 1.82) is 0 Å². The molecule has 0 radical (unpaired) electrons. The van der Waals surface area contributed by atoms with Gasteiger partial charge in [0.15, 0.2) is 11.5 Å². The van der Waals surface area contributed by atoms with Crippen molar-refractivity contribution in [1.82, 2.24) is 20.1 Å². The van der Waals surface area contributed by atoms with Gasteiger partial charge in [-0.3, -0.25) is 14.5 Å². The third-order valence-corrected chi connectivity index (χ3v) is 8.39. The molecule has 2 aliphatic heterocycles. The third kappa shape index (κ3) is 8.75. The first-order valence-electron chi connectivity index (χ1n) is 16.1. The molecule has 2 amide bonds. The molecule has 12 heteroatoms. The molecule has 0 aliphatic carbocycles. The van der Waals surface area contributed by atoms with Gasteiger partial charge in [-0.05, 0) is 63.4 Å². The number of carbonyl (C=O) groups is 2. The predicted octanol–water partition coefficient (Wildman–Crippen LogP) is 3.76. The Hall–Kier alpha value is -4.29. The largest absolute Gasteiger partial charge is 0.497 e. The minimum Gasteiger partial charge on any atom is -0.497 e. The van der Waals surface area contributed by atoms with Crippen molar-refractivity contribution in [2.75, 3.05) is 53.7 Å². The number of ether oxygens (including phenoxy) is 5. The number of rotatable bonds is 11. The van der Waals surface area contributed by atoms with Crippen molar-refractivity contribution in [3.05, 3.63) is 63.9 Å². The first-order chi connectivity index (χ1) is 22.5. The van der Waals surface area contributed by atoms with Gasteiger partial charge >= 0.3 is 6.09 Å².